The molecule has 120 valence electrons. The van der Waals surface area contributed by atoms with Gasteiger partial charge in [-0.3, -0.25) is 4.98 Å². The predicted octanol–water partition coefficient (Wildman–Crippen LogP) is 3.80. The molecule has 0 spiro atoms. The van der Waals surface area contributed by atoms with E-state index >= 15 is 0 Å². The van der Waals surface area contributed by atoms with Crippen LogP contribution >= 0.6 is 0 Å². The molecule has 3 aromatic rings. The van der Waals surface area contributed by atoms with Gasteiger partial charge >= 0.3 is 5.97 Å². The lowest BCUT2D eigenvalue weighted by atomic mass is 10.2. The smallest absolute Gasteiger partial charge is 0.355 e. The predicted molar refractivity (Wildman–Crippen MR) is 93.5 cm³/mol. The highest BCUT2D eigenvalue weighted by atomic mass is 16.5. The van der Waals surface area contributed by atoms with E-state index in [-0.39, 0.29) is 12.6 Å². The van der Waals surface area contributed by atoms with Gasteiger partial charge in [0.15, 0.2) is 0 Å². The van der Waals surface area contributed by atoms with E-state index in [0.29, 0.717) is 12.2 Å². The lowest BCUT2D eigenvalue weighted by Gasteiger charge is -2.08. The Morgan fingerprint density at radius 2 is 1.83 bits per heavy atom. The Balaban J connectivity index is 1.58. The maximum Gasteiger partial charge on any atom is 0.355 e. The summed E-state index contributed by atoms with van der Waals surface area (Å²) >= 11 is 0. The maximum atomic E-state index is 12.2. The highest BCUT2D eigenvalue weighted by molar-refractivity contribution is 5.87. The fourth-order valence-corrected chi connectivity index (χ4v) is 2.37. The van der Waals surface area contributed by atoms with Crippen LogP contribution in [0.25, 0.3) is 6.08 Å². The van der Waals surface area contributed by atoms with Gasteiger partial charge in [0, 0.05) is 25.1 Å². The second kappa shape index (κ2) is 7.92. The largest absolute Gasteiger partial charge is 0.457 e. The van der Waals surface area contributed by atoms with Crippen molar-refractivity contribution in [2.45, 2.75) is 6.54 Å². The van der Waals surface area contributed by atoms with Crippen LogP contribution in [0.4, 0.5) is 0 Å². The van der Waals surface area contributed by atoms with Crippen molar-refractivity contribution in [3.63, 3.8) is 0 Å². The Labute approximate surface area is 141 Å². The van der Waals surface area contributed by atoms with E-state index in [9.17, 15) is 4.79 Å². The molecule has 2 heterocycles. The van der Waals surface area contributed by atoms with Gasteiger partial charge in [0.25, 0.3) is 0 Å². The van der Waals surface area contributed by atoms with Crippen molar-refractivity contribution < 1.29 is 9.53 Å². The number of rotatable bonds is 6. The summed E-state index contributed by atoms with van der Waals surface area (Å²) in [6.45, 7) is 0.855. The molecular formula is C20H18N2O2. The molecule has 0 aliphatic rings. The second-order valence-corrected chi connectivity index (χ2v) is 5.29. The topological polar surface area (TPSA) is 44.1 Å². The van der Waals surface area contributed by atoms with Gasteiger partial charge in [0.1, 0.15) is 12.3 Å². The van der Waals surface area contributed by atoms with Crippen molar-refractivity contribution in [3.05, 3.63) is 96.1 Å². The molecule has 4 heteroatoms. The molecule has 0 unspecified atom stereocenters. The van der Waals surface area contributed by atoms with Crippen LogP contribution in [0.2, 0.25) is 0 Å². The van der Waals surface area contributed by atoms with Crippen molar-refractivity contribution in [3.8, 4) is 0 Å². The van der Waals surface area contributed by atoms with Crippen molar-refractivity contribution >= 4 is 12.0 Å². The fraction of sp³-hybridized carbons (Fsp3) is 0.100. The summed E-state index contributed by atoms with van der Waals surface area (Å²) in [6, 6.07) is 17.4. The first kappa shape index (κ1) is 15.7. The summed E-state index contributed by atoms with van der Waals surface area (Å²) < 4.78 is 7.20. The van der Waals surface area contributed by atoms with Crippen LogP contribution in [-0.2, 0) is 11.3 Å². The molecular weight excluding hydrogens is 300 g/mol. The van der Waals surface area contributed by atoms with Gasteiger partial charge in [-0.15, -0.1) is 0 Å². The first-order valence-corrected chi connectivity index (χ1v) is 7.76. The summed E-state index contributed by atoms with van der Waals surface area (Å²) in [6.07, 6.45) is 9.12. The third-order valence-electron chi connectivity index (χ3n) is 3.56. The molecule has 0 saturated heterocycles. The number of esters is 1. The zero-order valence-corrected chi connectivity index (χ0v) is 13.2. The summed E-state index contributed by atoms with van der Waals surface area (Å²) in [5, 5.41) is 0. The molecule has 0 saturated carbocycles. The number of carbonyl (C=O) groups excluding carboxylic acids is 1. The minimum Gasteiger partial charge on any atom is -0.457 e. The number of benzene rings is 1. The van der Waals surface area contributed by atoms with E-state index in [1.807, 2.05) is 71.4 Å². The molecule has 4 nitrogen and oxygen atoms in total. The Morgan fingerprint density at radius 1 is 1.04 bits per heavy atom. The number of hydrogen-bond acceptors (Lipinski definition) is 3. The van der Waals surface area contributed by atoms with Gasteiger partial charge in [-0.2, -0.15) is 0 Å². The average molecular weight is 318 g/mol. The van der Waals surface area contributed by atoms with E-state index in [4.69, 9.17) is 4.74 Å². The zero-order chi connectivity index (χ0) is 16.6. The first-order valence-electron chi connectivity index (χ1n) is 7.76. The molecule has 2 aromatic heterocycles. The number of ether oxygens (including phenoxy) is 1. The number of carbonyl (C=O) groups is 1. The third kappa shape index (κ3) is 4.20. The molecule has 0 atom stereocenters. The molecule has 0 N–H and O–H groups in total. The van der Waals surface area contributed by atoms with Gasteiger partial charge in [0.05, 0.1) is 0 Å². The van der Waals surface area contributed by atoms with E-state index in [1.54, 1.807) is 18.5 Å². The van der Waals surface area contributed by atoms with Gasteiger partial charge in [-0.05, 0) is 41.5 Å². The molecule has 0 fully saturated rings. The second-order valence-electron chi connectivity index (χ2n) is 5.29. The van der Waals surface area contributed by atoms with E-state index in [0.717, 1.165) is 11.1 Å². The summed E-state index contributed by atoms with van der Waals surface area (Å²) in [5.41, 5.74) is 2.70. The summed E-state index contributed by atoms with van der Waals surface area (Å²) in [5.74, 6) is -0.327. The van der Waals surface area contributed by atoms with Crippen molar-refractivity contribution in [1.29, 1.82) is 0 Å². The third-order valence-corrected chi connectivity index (χ3v) is 3.56. The highest BCUT2D eigenvalue weighted by Gasteiger charge is 2.11. The monoisotopic (exact) mass is 318 g/mol. The lowest BCUT2D eigenvalue weighted by Crippen LogP contribution is -2.12. The van der Waals surface area contributed by atoms with E-state index in [2.05, 4.69) is 4.98 Å². The molecule has 24 heavy (non-hydrogen) atoms. The van der Waals surface area contributed by atoms with Gasteiger partial charge < -0.3 is 9.30 Å². The van der Waals surface area contributed by atoms with Gasteiger partial charge in [-0.1, -0.05) is 36.4 Å². The zero-order valence-electron chi connectivity index (χ0n) is 13.2. The Hall–Kier alpha value is -3.14. The maximum absolute atomic E-state index is 12.2. The molecule has 0 radical (unpaired) electrons. The molecule has 1 aromatic carbocycles. The van der Waals surface area contributed by atoms with E-state index in [1.165, 1.54) is 0 Å². The number of pyridine rings is 1. The molecule has 0 aliphatic heterocycles. The molecule has 0 bridgehead atoms. The van der Waals surface area contributed by atoms with Crippen molar-refractivity contribution in [2.75, 3.05) is 6.61 Å². The van der Waals surface area contributed by atoms with Crippen LogP contribution in [0.5, 0.6) is 0 Å². The van der Waals surface area contributed by atoms with Crippen molar-refractivity contribution in [1.82, 2.24) is 9.55 Å². The number of hydrogen-bond donors (Lipinski definition) is 0. The van der Waals surface area contributed by atoms with Crippen molar-refractivity contribution in [2.24, 2.45) is 0 Å². The number of aromatic nitrogens is 2. The van der Waals surface area contributed by atoms with Gasteiger partial charge in [0.2, 0.25) is 0 Å². The van der Waals surface area contributed by atoms with Gasteiger partial charge in [-0.25, -0.2) is 4.79 Å². The molecule has 0 amide bonds. The van der Waals surface area contributed by atoms with Crippen LogP contribution in [0.15, 0.2) is 79.3 Å². The SMILES string of the molecule is O=C(OC/C=C\c1ccccc1)c1cccn1Cc1ccncc1. The minimum atomic E-state index is -0.327. The molecule has 0 aliphatic carbocycles. The fourth-order valence-electron chi connectivity index (χ4n) is 2.37. The average Bonchev–Trinajstić information content (AvgIpc) is 3.08. The normalized spacial score (nSPS) is 10.8. The highest BCUT2D eigenvalue weighted by Crippen LogP contribution is 2.09. The number of nitrogens with zero attached hydrogens (tertiary/aromatic N) is 2. The van der Waals surface area contributed by atoms with Crippen LogP contribution in [0.3, 0.4) is 0 Å². The molecule has 3 rings (SSSR count). The Kier molecular flexibility index (Phi) is 5.20. The lowest BCUT2D eigenvalue weighted by molar-refractivity contribution is 0.0538. The quantitative estimate of drug-likeness (QED) is 0.649. The summed E-state index contributed by atoms with van der Waals surface area (Å²) in [7, 11) is 0. The Morgan fingerprint density at radius 3 is 2.62 bits per heavy atom. The first-order chi connectivity index (χ1) is 11.8. The standard InChI is InChI=1S/C20H18N2O2/c23-20(24-15-5-8-17-6-2-1-3-7-17)19-9-4-14-22(19)16-18-10-12-21-13-11-18/h1-14H,15-16H2/b8-5-. The Bertz CT molecular complexity index is 808. The summed E-state index contributed by atoms with van der Waals surface area (Å²) in [4.78, 5) is 16.2. The van der Waals surface area contributed by atoms with E-state index < -0.39 is 0 Å². The van der Waals surface area contributed by atoms with Crippen LogP contribution in [0, 0.1) is 0 Å². The van der Waals surface area contributed by atoms with Crippen LogP contribution in [-0.4, -0.2) is 22.1 Å². The van der Waals surface area contributed by atoms with Crippen LogP contribution in [0.1, 0.15) is 21.6 Å². The minimum absolute atomic E-state index is 0.244. The van der Waals surface area contributed by atoms with Crippen LogP contribution < -0.4 is 0 Å².